The van der Waals surface area contributed by atoms with Crippen molar-refractivity contribution in [1.82, 2.24) is 9.97 Å². The van der Waals surface area contributed by atoms with Crippen LogP contribution >= 0.6 is 23.2 Å². The van der Waals surface area contributed by atoms with Gasteiger partial charge in [0.15, 0.2) is 0 Å². The molecular weight excluding hydrogens is 319 g/mol. The van der Waals surface area contributed by atoms with Crippen LogP contribution in [0, 0.1) is 0 Å². The Kier molecular flexibility index (Phi) is 2.71. The van der Waals surface area contributed by atoms with E-state index in [2.05, 4.69) is 53.4 Å². The number of hydrogen-bond acceptors (Lipinski definition) is 2. The lowest BCUT2D eigenvalue weighted by atomic mass is 10.0. The number of rotatable bonds is 0. The molecule has 2 heterocycles. The fraction of sp³-hybridized carbons (Fsp3) is 0.125. The summed E-state index contributed by atoms with van der Waals surface area (Å²) in [6.45, 7) is 4.57. The molecular formula is C16H12Cl2N2Si. The van der Waals surface area contributed by atoms with E-state index in [1.807, 2.05) is 6.07 Å². The van der Waals surface area contributed by atoms with Crippen LogP contribution in [-0.2, 0) is 0 Å². The molecule has 2 aromatic carbocycles. The fourth-order valence-corrected chi connectivity index (χ4v) is 7.41. The number of benzene rings is 2. The number of nitrogens with zero attached hydrogens (tertiary/aromatic N) is 2. The largest absolute Gasteiger partial charge is 0.224 e. The highest BCUT2D eigenvalue weighted by Crippen LogP contribution is 2.35. The van der Waals surface area contributed by atoms with Gasteiger partial charge in [-0.1, -0.05) is 61.1 Å². The highest BCUT2D eigenvalue weighted by molar-refractivity contribution is 7.04. The van der Waals surface area contributed by atoms with Crippen LogP contribution in [0.4, 0.5) is 0 Å². The molecule has 0 bridgehead atoms. The maximum Gasteiger partial charge on any atom is 0.224 e. The first-order chi connectivity index (χ1) is 10.00. The minimum atomic E-state index is -1.88. The van der Waals surface area contributed by atoms with Crippen LogP contribution in [0.3, 0.4) is 0 Å². The van der Waals surface area contributed by atoms with Gasteiger partial charge in [-0.3, -0.25) is 0 Å². The van der Waals surface area contributed by atoms with E-state index in [0.29, 0.717) is 5.15 Å². The van der Waals surface area contributed by atoms with Gasteiger partial charge < -0.3 is 0 Å². The second-order valence-electron chi connectivity index (χ2n) is 5.84. The molecule has 0 spiro atoms. The molecule has 1 aliphatic rings. The Morgan fingerprint density at radius 2 is 1.71 bits per heavy atom. The average molecular weight is 331 g/mol. The summed E-state index contributed by atoms with van der Waals surface area (Å²) in [6, 6.07) is 12.8. The third-order valence-electron chi connectivity index (χ3n) is 4.30. The van der Waals surface area contributed by atoms with Crippen molar-refractivity contribution in [3.8, 4) is 11.3 Å². The maximum atomic E-state index is 6.40. The molecule has 0 unspecified atom stereocenters. The SMILES string of the molecule is C[Si]1(C)c2ccc3ccccc3c2-c2nc(Cl)nc(Cl)c21. The molecule has 2 nitrogen and oxygen atoms in total. The van der Waals surface area contributed by atoms with E-state index in [9.17, 15) is 0 Å². The van der Waals surface area contributed by atoms with Crippen molar-refractivity contribution < 1.29 is 0 Å². The van der Waals surface area contributed by atoms with E-state index in [-0.39, 0.29) is 5.28 Å². The summed E-state index contributed by atoms with van der Waals surface area (Å²) in [6.07, 6.45) is 0. The number of aromatic nitrogens is 2. The minimum Gasteiger partial charge on any atom is -0.218 e. The van der Waals surface area contributed by atoms with Crippen LogP contribution in [0.1, 0.15) is 0 Å². The summed E-state index contributed by atoms with van der Waals surface area (Å²) in [5.41, 5.74) is 2.11. The summed E-state index contributed by atoms with van der Waals surface area (Å²) >= 11 is 12.4. The van der Waals surface area contributed by atoms with Crippen LogP contribution in [-0.4, -0.2) is 18.0 Å². The van der Waals surface area contributed by atoms with E-state index < -0.39 is 8.07 Å². The van der Waals surface area contributed by atoms with Crippen LogP contribution in [0.15, 0.2) is 36.4 Å². The Morgan fingerprint density at radius 3 is 2.52 bits per heavy atom. The van der Waals surface area contributed by atoms with Crippen LogP contribution in [0.25, 0.3) is 22.0 Å². The van der Waals surface area contributed by atoms with Gasteiger partial charge in [-0.15, -0.1) is 0 Å². The van der Waals surface area contributed by atoms with E-state index >= 15 is 0 Å². The van der Waals surface area contributed by atoms with Crippen LogP contribution < -0.4 is 10.4 Å². The minimum absolute atomic E-state index is 0.212. The van der Waals surface area contributed by atoms with E-state index in [1.54, 1.807) is 0 Å². The quantitative estimate of drug-likeness (QED) is 0.356. The zero-order valence-electron chi connectivity index (χ0n) is 11.6. The summed E-state index contributed by atoms with van der Waals surface area (Å²) in [4.78, 5) is 8.66. The van der Waals surface area contributed by atoms with Gasteiger partial charge in [0.1, 0.15) is 13.2 Å². The van der Waals surface area contributed by atoms with Crippen molar-refractivity contribution in [2.24, 2.45) is 0 Å². The number of halogens is 2. The molecule has 5 heteroatoms. The van der Waals surface area contributed by atoms with Gasteiger partial charge in [0, 0.05) is 10.8 Å². The van der Waals surface area contributed by atoms with Crippen molar-refractivity contribution in [2.45, 2.75) is 13.1 Å². The standard InChI is InChI=1S/C16H12Cl2N2Si/c1-21(2)11-8-7-9-5-3-4-6-10(9)12(11)13-14(21)15(17)20-16(18)19-13/h3-8H,1-2H3. The molecule has 0 N–H and O–H groups in total. The fourth-order valence-electron chi connectivity index (χ4n) is 3.32. The van der Waals surface area contributed by atoms with Gasteiger partial charge >= 0.3 is 0 Å². The van der Waals surface area contributed by atoms with Gasteiger partial charge in [0.25, 0.3) is 0 Å². The van der Waals surface area contributed by atoms with Gasteiger partial charge in [0.2, 0.25) is 5.28 Å². The lowest BCUT2D eigenvalue weighted by Crippen LogP contribution is -2.50. The topological polar surface area (TPSA) is 25.8 Å². The summed E-state index contributed by atoms with van der Waals surface area (Å²) in [5, 5.41) is 5.58. The Hall–Kier alpha value is -1.42. The van der Waals surface area contributed by atoms with Gasteiger partial charge in [-0.25, -0.2) is 9.97 Å². The monoisotopic (exact) mass is 330 g/mol. The predicted molar refractivity (Wildman–Crippen MR) is 91.7 cm³/mol. The Bertz CT molecular complexity index is 906. The summed E-state index contributed by atoms with van der Waals surface area (Å²) in [5.74, 6) is 0. The zero-order chi connectivity index (χ0) is 14.8. The second-order valence-corrected chi connectivity index (χ2v) is 10.8. The van der Waals surface area contributed by atoms with Gasteiger partial charge in [-0.05, 0) is 27.6 Å². The molecule has 0 radical (unpaired) electrons. The molecule has 1 aliphatic heterocycles. The lowest BCUT2D eigenvalue weighted by Gasteiger charge is -2.18. The first kappa shape index (κ1) is 13.3. The normalized spacial score (nSPS) is 15.0. The molecule has 104 valence electrons. The second kappa shape index (κ2) is 4.29. The van der Waals surface area contributed by atoms with E-state index in [0.717, 1.165) is 10.9 Å². The van der Waals surface area contributed by atoms with E-state index in [4.69, 9.17) is 23.2 Å². The average Bonchev–Trinajstić information content (AvgIpc) is 2.67. The molecule has 0 saturated heterocycles. The molecule has 3 aromatic rings. The first-order valence-corrected chi connectivity index (χ1v) is 10.5. The summed E-state index contributed by atoms with van der Waals surface area (Å²) < 4.78 is 0. The maximum absolute atomic E-state index is 6.40. The molecule has 0 fully saturated rings. The highest BCUT2D eigenvalue weighted by atomic mass is 35.5. The molecule has 0 saturated carbocycles. The molecule has 4 rings (SSSR count). The molecule has 0 amide bonds. The van der Waals surface area contributed by atoms with Crippen molar-refractivity contribution in [2.75, 3.05) is 0 Å². The zero-order valence-corrected chi connectivity index (χ0v) is 14.1. The smallest absolute Gasteiger partial charge is 0.218 e. The third kappa shape index (κ3) is 1.71. The third-order valence-corrected chi connectivity index (χ3v) is 8.39. The predicted octanol–water partition coefficient (Wildman–Crippen LogP) is 3.74. The lowest BCUT2D eigenvalue weighted by molar-refractivity contribution is 1.19. The van der Waals surface area contributed by atoms with Gasteiger partial charge in [0.05, 0.1) is 5.69 Å². The first-order valence-electron chi connectivity index (χ1n) is 6.76. The summed E-state index contributed by atoms with van der Waals surface area (Å²) in [7, 11) is -1.88. The molecule has 1 aromatic heterocycles. The van der Waals surface area contributed by atoms with Crippen molar-refractivity contribution in [3.05, 3.63) is 46.8 Å². The number of fused-ring (bicyclic) bond motifs is 5. The van der Waals surface area contributed by atoms with Crippen molar-refractivity contribution in [1.29, 1.82) is 0 Å². The van der Waals surface area contributed by atoms with E-state index in [1.165, 1.54) is 21.5 Å². The van der Waals surface area contributed by atoms with Crippen LogP contribution in [0.2, 0.25) is 23.5 Å². The van der Waals surface area contributed by atoms with Crippen molar-refractivity contribution >= 4 is 52.4 Å². The van der Waals surface area contributed by atoms with Crippen molar-refractivity contribution in [3.63, 3.8) is 0 Å². The Morgan fingerprint density at radius 1 is 0.952 bits per heavy atom. The van der Waals surface area contributed by atoms with Gasteiger partial charge in [-0.2, -0.15) is 0 Å². The molecule has 0 aliphatic carbocycles. The Labute approximate surface area is 133 Å². The number of hydrogen-bond donors (Lipinski definition) is 0. The molecule has 0 atom stereocenters. The highest BCUT2D eigenvalue weighted by Gasteiger charge is 2.42. The van der Waals surface area contributed by atoms with Crippen LogP contribution in [0.5, 0.6) is 0 Å². The Balaban J connectivity index is 2.23. The molecule has 21 heavy (non-hydrogen) atoms.